The van der Waals surface area contributed by atoms with Crippen LogP contribution in [0.4, 0.5) is 5.69 Å². The Balaban J connectivity index is 2.06. The van der Waals surface area contributed by atoms with Crippen LogP contribution in [0.15, 0.2) is 53.4 Å². The second-order valence-corrected chi connectivity index (χ2v) is 8.46. The Morgan fingerprint density at radius 1 is 1.07 bits per heavy atom. The molecule has 0 spiro atoms. The fourth-order valence-electron chi connectivity index (χ4n) is 2.30. The van der Waals surface area contributed by atoms with Crippen LogP contribution in [0, 0.1) is 12.8 Å². The lowest BCUT2D eigenvalue weighted by atomic mass is 10.2. The molecule has 1 amide bonds. The van der Waals surface area contributed by atoms with Crippen molar-refractivity contribution in [2.45, 2.75) is 25.7 Å². The summed E-state index contributed by atoms with van der Waals surface area (Å²) in [6.45, 7) is 5.80. The first kappa shape index (κ1) is 21.4. The van der Waals surface area contributed by atoms with Crippen LogP contribution >= 0.6 is 0 Å². The Labute approximate surface area is 165 Å². The van der Waals surface area contributed by atoms with E-state index in [1.807, 2.05) is 26.8 Å². The zero-order valence-corrected chi connectivity index (χ0v) is 16.9. The number of benzene rings is 2. The molecule has 0 saturated carbocycles. The summed E-state index contributed by atoms with van der Waals surface area (Å²) >= 11 is 0. The molecule has 0 atom stereocenters. The molecule has 7 nitrogen and oxygen atoms in total. The molecule has 0 bridgehead atoms. The molecule has 2 aromatic rings. The monoisotopic (exact) mass is 404 g/mol. The number of amides is 1. The number of ether oxygens (including phenoxy) is 1. The quantitative estimate of drug-likeness (QED) is 0.659. The fourth-order valence-corrected chi connectivity index (χ4v) is 3.39. The molecular formula is C20H24N2O5S. The van der Waals surface area contributed by atoms with E-state index in [-0.39, 0.29) is 16.4 Å². The Hall–Kier alpha value is -2.87. The van der Waals surface area contributed by atoms with E-state index in [9.17, 15) is 18.0 Å². The summed E-state index contributed by atoms with van der Waals surface area (Å²) in [5, 5.41) is 2.63. The lowest BCUT2D eigenvalue weighted by Gasteiger charge is -2.10. The zero-order chi connectivity index (χ0) is 20.7. The number of sulfonamides is 1. The number of rotatable bonds is 8. The van der Waals surface area contributed by atoms with Gasteiger partial charge in [0.2, 0.25) is 0 Å². The maximum Gasteiger partial charge on any atom is 0.338 e. The summed E-state index contributed by atoms with van der Waals surface area (Å²) < 4.78 is 32.6. The smallest absolute Gasteiger partial charge is 0.338 e. The number of esters is 1. The number of nitrogens with one attached hydrogen (secondary N) is 2. The molecule has 150 valence electrons. The van der Waals surface area contributed by atoms with Gasteiger partial charge in [0.25, 0.3) is 15.9 Å². The van der Waals surface area contributed by atoms with Crippen molar-refractivity contribution in [1.29, 1.82) is 0 Å². The average Bonchev–Trinajstić information content (AvgIpc) is 2.64. The first-order valence-electron chi connectivity index (χ1n) is 8.81. The molecule has 0 heterocycles. The van der Waals surface area contributed by atoms with E-state index in [1.54, 1.807) is 18.2 Å². The van der Waals surface area contributed by atoms with Crippen LogP contribution in [0.2, 0.25) is 0 Å². The highest BCUT2D eigenvalue weighted by Gasteiger charge is 2.18. The summed E-state index contributed by atoms with van der Waals surface area (Å²) in [5.74, 6) is -0.901. The highest BCUT2D eigenvalue weighted by molar-refractivity contribution is 7.92. The van der Waals surface area contributed by atoms with Crippen molar-refractivity contribution in [1.82, 2.24) is 5.32 Å². The van der Waals surface area contributed by atoms with Crippen LogP contribution in [0.5, 0.6) is 0 Å². The second kappa shape index (κ2) is 9.36. The number of carbonyl (C=O) groups excluding carboxylic acids is 2. The van der Waals surface area contributed by atoms with Crippen LogP contribution in [0.25, 0.3) is 0 Å². The molecule has 0 aromatic heterocycles. The highest BCUT2D eigenvalue weighted by Crippen LogP contribution is 2.18. The number of anilines is 1. The van der Waals surface area contributed by atoms with Crippen LogP contribution in [0.3, 0.4) is 0 Å². The third-order valence-electron chi connectivity index (χ3n) is 3.69. The number of hydrogen-bond donors (Lipinski definition) is 2. The minimum absolute atomic E-state index is 0.0452. The van der Waals surface area contributed by atoms with Gasteiger partial charge in [0.05, 0.1) is 10.5 Å². The molecule has 2 N–H and O–H groups in total. The number of aryl methyl sites for hydroxylation is 1. The molecule has 0 saturated heterocycles. The Bertz CT molecular complexity index is 955. The van der Waals surface area contributed by atoms with Gasteiger partial charge in [-0.15, -0.1) is 0 Å². The van der Waals surface area contributed by atoms with Crippen molar-refractivity contribution >= 4 is 27.6 Å². The highest BCUT2D eigenvalue weighted by atomic mass is 32.2. The molecule has 8 heteroatoms. The van der Waals surface area contributed by atoms with E-state index < -0.39 is 28.5 Å². The normalized spacial score (nSPS) is 11.1. The van der Waals surface area contributed by atoms with E-state index in [2.05, 4.69) is 10.0 Å². The predicted octanol–water partition coefficient (Wildman–Crippen LogP) is 2.72. The van der Waals surface area contributed by atoms with E-state index in [0.717, 1.165) is 5.56 Å². The maximum absolute atomic E-state index is 12.6. The molecule has 2 aromatic carbocycles. The molecule has 0 fully saturated rings. The van der Waals surface area contributed by atoms with Gasteiger partial charge in [-0.3, -0.25) is 9.52 Å². The topological polar surface area (TPSA) is 102 Å². The van der Waals surface area contributed by atoms with E-state index in [0.29, 0.717) is 12.2 Å². The van der Waals surface area contributed by atoms with Crippen molar-refractivity contribution < 1.29 is 22.7 Å². The Morgan fingerprint density at radius 3 is 2.46 bits per heavy atom. The van der Waals surface area contributed by atoms with Gasteiger partial charge < -0.3 is 10.1 Å². The van der Waals surface area contributed by atoms with Crippen molar-refractivity contribution in [2.75, 3.05) is 17.9 Å². The molecule has 0 aliphatic carbocycles. The second-order valence-electron chi connectivity index (χ2n) is 6.78. The van der Waals surface area contributed by atoms with Gasteiger partial charge in [0, 0.05) is 12.2 Å². The van der Waals surface area contributed by atoms with Crippen molar-refractivity contribution in [2.24, 2.45) is 5.92 Å². The first-order valence-corrected chi connectivity index (χ1v) is 10.3. The van der Waals surface area contributed by atoms with Crippen molar-refractivity contribution in [3.8, 4) is 0 Å². The molecule has 2 rings (SSSR count). The summed E-state index contributed by atoms with van der Waals surface area (Å²) in [5.41, 5.74) is 1.38. The number of carbonyl (C=O) groups is 2. The Kier molecular flexibility index (Phi) is 7.17. The van der Waals surface area contributed by atoms with Gasteiger partial charge in [0.15, 0.2) is 6.61 Å². The van der Waals surface area contributed by atoms with Gasteiger partial charge in [-0.25, -0.2) is 13.2 Å². The third-order valence-corrected chi connectivity index (χ3v) is 5.07. The largest absolute Gasteiger partial charge is 0.452 e. The summed E-state index contributed by atoms with van der Waals surface area (Å²) in [6, 6.07) is 12.4. The molecule has 0 unspecified atom stereocenters. The molecule has 28 heavy (non-hydrogen) atoms. The zero-order valence-electron chi connectivity index (χ0n) is 16.1. The fraction of sp³-hybridized carbons (Fsp3) is 0.300. The minimum atomic E-state index is -3.87. The van der Waals surface area contributed by atoms with E-state index in [1.165, 1.54) is 24.3 Å². The van der Waals surface area contributed by atoms with Crippen LogP contribution in [-0.4, -0.2) is 33.4 Å². The first-order chi connectivity index (χ1) is 13.2. The predicted molar refractivity (Wildman–Crippen MR) is 107 cm³/mol. The van der Waals surface area contributed by atoms with Gasteiger partial charge in [-0.2, -0.15) is 0 Å². The van der Waals surface area contributed by atoms with Gasteiger partial charge in [0.1, 0.15) is 0 Å². The molecule has 0 aliphatic heterocycles. The van der Waals surface area contributed by atoms with Crippen molar-refractivity contribution in [3.05, 3.63) is 59.7 Å². The van der Waals surface area contributed by atoms with E-state index in [4.69, 9.17) is 4.74 Å². The van der Waals surface area contributed by atoms with Crippen LogP contribution < -0.4 is 10.0 Å². The maximum atomic E-state index is 12.6. The molecule has 0 radical (unpaired) electrons. The third kappa shape index (κ3) is 6.38. The van der Waals surface area contributed by atoms with Gasteiger partial charge >= 0.3 is 5.97 Å². The summed E-state index contributed by atoms with van der Waals surface area (Å²) in [4.78, 5) is 23.7. The molecular weight excluding hydrogens is 380 g/mol. The SMILES string of the molecule is Cc1cccc(NS(=O)(=O)c2cccc(C(=O)OCC(=O)NCC(C)C)c2)c1. The van der Waals surface area contributed by atoms with Gasteiger partial charge in [-0.1, -0.05) is 32.0 Å². The van der Waals surface area contributed by atoms with Crippen LogP contribution in [0.1, 0.15) is 29.8 Å². The lowest BCUT2D eigenvalue weighted by molar-refractivity contribution is -0.124. The molecule has 0 aliphatic rings. The average molecular weight is 404 g/mol. The summed E-state index contributed by atoms with van der Waals surface area (Å²) in [7, 11) is -3.87. The summed E-state index contributed by atoms with van der Waals surface area (Å²) in [6.07, 6.45) is 0. The van der Waals surface area contributed by atoms with Crippen molar-refractivity contribution in [3.63, 3.8) is 0 Å². The van der Waals surface area contributed by atoms with Crippen LogP contribution in [-0.2, 0) is 19.6 Å². The van der Waals surface area contributed by atoms with Gasteiger partial charge in [-0.05, 0) is 48.7 Å². The van der Waals surface area contributed by atoms with E-state index >= 15 is 0 Å². The lowest BCUT2D eigenvalue weighted by Crippen LogP contribution is -2.31. The number of hydrogen-bond acceptors (Lipinski definition) is 5. The standard InChI is InChI=1S/C20H24N2O5S/c1-14(2)12-21-19(23)13-27-20(24)16-7-5-9-18(11-16)28(25,26)22-17-8-4-6-15(3)10-17/h4-11,14,22H,12-13H2,1-3H3,(H,21,23). The Morgan fingerprint density at radius 2 is 1.79 bits per heavy atom. The minimum Gasteiger partial charge on any atom is -0.452 e.